The first-order valence-electron chi connectivity index (χ1n) is 7.76. The lowest BCUT2D eigenvalue weighted by molar-refractivity contribution is 0.0600. The van der Waals surface area contributed by atoms with Crippen LogP contribution in [-0.4, -0.2) is 19.0 Å². The molecule has 0 saturated carbocycles. The third-order valence-electron chi connectivity index (χ3n) is 4.24. The van der Waals surface area contributed by atoms with Gasteiger partial charge in [0.15, 0.2) is 0 Å². The first-order valence-corrected chi connectivity index (χ1v) is 7.76. The molecule has 118 valence electrons. The summed E-state index contributed by atoms with van der Waals surface area (Å²) in [5, 5.41) is 3.10. The van der Waals surface area contributed by atoms with E-state index in [1.807, 2.05) is 12.1 Å². The van der Waals surface area contributed by atoms with Crippen molar-refractivity contribution < 1.29 is 14.3 Å². The van der Waals surface area contributed by atoms with Crippen LogP contribution in [-0.2, 0) is 11.2 Å². The van der Waals surface area contributed by atoms with Crippen LogP contribution in [0.4, 0.5) is 0 Å². The van der Waals surface area contributed by atoms with Crippen LogP contribution in [0.25, 0.3) is 0 Å². The lowest BCUT2D eigenvalue weighted by Crippen LogP contribution is -2.31. The molecular weight excluding hydrogens is 290 g/mol. The molecular formula is C19H19NO3. The molecule has 3 rings (SSSR count). The summed E-state index contributed by atoms with van der Waals surface area (Å²) in [7, 11) is 1.34. The van der Waals surface area contributed by atoms with Crippen LogP contribution in [0.15, 0.2) is 48.5 Å². The fourth-order valence-corrected chi connectivity index (χ4v) is 3.02. The quantitative estimate of drug-likeness (QED) is 0.885. The van der Waals surface area contributed by atoms with Gasteiger partial charge in [0.25, 0.3) is 5.91 Å². The SMILES string of the molecule is COC(=O)c1ccc(C(=O)NC2CCCc3ccccc32)cc1. The summed E-state index contributed by atoms with van der Waals surface area (Å²) in [5.41, 5.74) is 3.50. The Morgan fingerprint density at radius 2 is 1.74 bits per heavy atom. The number of benzene rings is 2. The molecule has 23 heavy (non-hydrogen) atoms. The average Bonchev–Trinajstić information content (AvgIpc) is 2.61. The summed E-state index contributed by atoms with van der Waals surface area (Å²) < 4.78 is 4.66. The maximum atomic E-state index is 12.4. The number of carbonyl (C=O) groups is 2. The summed E-state index contributed by atoms with van der Waals surface area (Å²) in [6.45, 7) is 0. The number of carbonyl (C=O) groups excluding carboxylic acids is 2. The molecule has 0 saturated heterocycles. The standard InChI is InChI=1S/C19H19NO3/c1-23-19(22)15-11-9-14(10-12-15)18(21)20-17-8-4-6-13-5-2-3-7-16(13)17/h2-3,5,7,9-12,17H,4,6,8H2,1H3,(H,20,21). The zero-order chi connectivity index (χ0) is 16.2. The second-order valence-corrected chi connectivity index (χ2v) is 5.69. The van der Waals surface area contributed by atoms with Crippen LogP contribution in [0, 0.1) is 0 Å². The van der Waals surface area contributed by atoms with Gasteiger partial charge in [-0.3, -0.25) is 4.79 Å². The van der Waals surface area contributed by atoms with E-state index in [0.717, 1.165) is 19.3 Å². The Labute approximate surface area is 135 Å². The van der Waals surface area contributed by atoms with Gasteiger partial charge in [-0.1, -0.05) is 24.3 Å². The van der Waals surface area contributed by atoms with Crippen molar-refractivity contribution >= 4 is 11.9 Å². The molecule has 1 aliphatic rings. The molecule has 1 unspecified atom stereocenters. The molecule has 0 fully saturated rings. The number of amides is 1. The van der Waals surface area contributed by atoms with E-state index in [0.29, 0.717) is 11.1 Å². The van der Waals surface area contributed by atoms with Gasteiger partial charge in [0.1, 0.15) is 0 Å². The maximum absolute atomic E-state index is 12.4. The van der Waals surface area contributed by atoms with Gasteiger partial charge >= 0.3 is 5.97 Å². The van der Waals surface area contributed by atoms with E-state index >= 15 is 0 Å². The lowest BCUT2D eigenvalue weighted by atomic mass is 9.87. The Hall–Kier alpha value is -2.62. The van der Waals surface area contributed by atoms with Crippen molar-refractivity contribution in [1.82, 2.24) is 5.32 Å². The maximum Gasteiger partial charge on any atom is 0.337 e. The van der Waals surface area contributed by atoms with E-state index < -0.39 is 5.97 Å². The van der Waals surface area contributed by atoms with Crippen molar-refractivity contribution in [2.45, 2.75) is 25.3 Å². The van der Waals surface area contributed by atoms with Gasteiger partial charge in [-0.2, -0.15) is 0 Å². The fourth-order valence-electron chi connectivity index (χ4n) is 3.02. The molecule has 0 bridgehead atoms. The minimum Gasteiger partial charge on any atom is -0.465 e. The molecule has 0 radical (unpaired) electrons. The summed E-state index contributed by atoms with van der Waals surface area (Å²) in [6, 6.07) is 14.8. The topological polar surface area (TPSA) is 55.4 Å². The minimum absolute atomic E-state index is 0.0488. The Morgan fingerprint density at radius 1 is 1.04 bits per heavy atom. The molecule has 1 atom stereocenters. The van der Waals surface area contributed by atoms with Crippen LogP contribution in [0.1, 0.15) is 50.7 Å². The van der Waals surface area contributed by atoms with Crippen LogP contribution in [0.2, 0.25) is 0 Å². The summed E-state index contributed by atoms with van der Waals surface area (Å²) in [5.74, 6) is -0.527. The molecule has 1 amide bonds. The second-order valence-electron chi connectivity index (χ2n) is 5.69. The molecule has 0 heterocycles. The first-order chi connectivity index (χ1) is 11.2. The molecule has 1 aliphatic carbocycles. The molecule has 1 N–H and O–H groups in total. The van der Waals surface area contributed by atoms with E-state index in [1.165, 1.54) is 18.2 Å². The lowest BCUT2D eigenvalue weighted by Gasteiger charge is -2.26. The minimum atomic E-state index is -0.404. The van der Waals surface area contributed by atoms with Gasteiger partial charge < -0.3 is 10.1 Å². The number of hydrogen-bond donors (Lipinski definition) is 1. The molecule has 4 heteroatoms. The van der Waals surface area contributed by atoms with Gasteiger partial charge in [-0.15, -0.1) is 0 Å². The van der Waals surface area contributed by atoms with Gasteiger partial charge in [0.05, 0.1) is 18.7 Å². The summed E-state index contributed by atoms with van der Waals surface area (Å²) in [6.07, 6.45) is 3.09. The van der Waals surface area contributed by atoms with Crippen molar-refractivity contribution in [2.75, 3.05) is 7.11 Å². The number of nitrogens with one attached hydrogen (secondary N) is 1. The Morgan fingerprint density at radius 3 is 2.48 bits per heavy atom. The van der Waals surface area contributed by atoms with Crippen LogP contribution < -0.4 is 5.32 Å². The molecule has 0 aromatic heterocycles. The predicted octanol–water partition coefficient (Wildman–Crippen LogP) is 3.28. The smallest absolute Gasteiger partial charge is 0.337 e. The predicted molar refractivity (Wildman–Crippen MR) is 87.4 cm³/mol. The Balaban J connectivity index is 1.74. The van der Waals surface area contributed by atoms with Crippen LogP contribution in [0.3, 0.4) is 0 Å². The molecule has 4 nitrogen and oxygen atoms in total. The number of hydrogen-bond acceptors (Lipinski definition) is 3. The number of methoxy groups -OCH3 is 1. The number of ether oxygens (including phenoxy) is 1. The highest BCUT2D eigenvalue weighted by atomic mass is 16.5. The van der Waals surface area contributed by atoms with E-state index in [-0.39, 0.29) is 11.9 Å². The van der Waals surface area contributed by atoms with Gasteiger partial charge in [-0.25, -0.2) is 4.79 Å². The molecule has 2 aromatic carbocycles. The van der Waals surface area contributed by atoms with Crippen molar-refractivity contribution in [2.24, 2.45) is 0 Å². The molecule has 0 spiro atoms. The Bertz CT molecular complexity index is 722. The summed E-state index contributed by atoms with van der Waals surface area (Å²) >= 11 is 0. The average molecular weight is 309 g/mol. The number of rotatable bonds is 3. The summed E-state index contributed by atoms with van der Waals surface area (Å²) in [4.78, 5) is 23.9. The Kier molecular flexibility index (Phi) is 4.42. The highest BCUT2D eigenvalue weighted by Crippen LogP contribution is 2.29. The zero-order valence-corrected chi connectivity index (χ0v) is 13.0. The third-order valence-corrected chi connectivity index (χ3v) is 4.24. The highest BCUT2D eigenvalue weighted by Gasteiger charge is 2.21. The van der Waals surface area contributed by atoms with E-state index in [4.69, 9.17) is 0 Å². The van der Waals surface area contributed by atoms with E-state index in [9.17, 15) is 9.59 Å². The first kappa shape index (κ1) is 15.3. The second kappa shape index (κ2) is 6.65. The third kappa shape index (κ3) is 3.26. The highest BCUT2D eigenvalue weighted by molar-refractivity contribution is 5.96. The van der Waals surface area contributed by atoms with Gasteiger partial charge in [0, 0.05) is 5.56 Å². The van der Waals surface area contributed by atoms with Crippen molar-refractivity contribution in [3.05, 3.63) is 70.8 Å². The van der Waals surface area contributed by atoms with Crippen molar-refractivity contribution in [3.63, 3.8) is 0 Å². The van der Waals surface area contributed by atoms with Crippen LogP contribution in [0.5, 0.6) is 0 Å². The largest absolute Gasteiger partial charge is 0.465 e. The van der Waals surface area contributed by atoms with Crippen LogP contribution >= 0.6 is 0 Å². The van der Waals surface area contributed by atoms with Crippen molar-refractivity contribution in [1.29, 1.82) is 0 Å². The molecule has 2 aromatic rings. The number of fused-ring (bicyclic) bond motifs is 1. The van der Waals surface area contributed by atoms with E-state index in [1.54, 1.807) is 24.3 Å². The van der Waals surface area contributed by atoms with Gasteiger partial charge in [-0.05, 0) is 54.7 Å². The normalized spacial score (nSPS) is 16.3. The van der Waals surface area contributed by atoms with Gasteiger partial charge in [0.2, 0.25) is 0 Å². The zero-order valence-electron chi connectivity index (χ0n) is 13.0. The molecule has 0 aliphatic heterocycles. The number of aryl methyl sites for hydroxylation is 1. The monoisotopic (exact) mass is 309 g/mol. The van der Waals surface area contributed by atoms with Crippen molar-refractivity contribution in [3.8, 4) is 0 Å². The van der Waals surface area contributed by atoms with E-state index in [2.05, 4.69) is 22.2 Å². The fraction of sp³-hybridized carbons (Fsp3) is 0.263. The number of esters is 1.